The molecule has 1 amide bonds. The zero-order valence-corrected chi connectivity index (χ0v) is 16.6. The van der Waals surface area contributed by atoms with Crippen molar-refractivity contribution in [3.63, 3.8) is 0 Å². The van der Waals surface area contributed by atoms with Crippen LogP contribution in [0, 0.1) is 3.57 Å². The molecule has 0 aromatic heterocycles. The molecule has 3 aromatic rings. The van der Waals surface area contributed by atoms with E-state index >= 15 is 0 Å². The van der Waals surface area contributed by atoms with Crippen LogP contribution in [-0.2, 0) is 4.79 Å². The highest BCUT2D eigenvalue weighted by Crippen LogP contribution is 2.15. The first-order valence-electron chi connectivity index (χ1n) is 8.49. The van der Waals surface area contributed by atoms with E-state index in [2.05, 4.69) is 50.6 Å². The van der Waals surface area contributed by atoms with E-state index in [1.54, 1.807) is 6.21 Å². The summed E-state index contributed by atoms with van der Waals surface area (Å²) < 4.78 is 1.16. The second-order valence-electron chi connectivity index (χ2n) is 5.95. The maximum Gasteiger partial charge on any atom is 0.262 e. The Bertz CT molecular complexity index is 922. The molecule has 26 heavy (non-hydrogen) atoms. The molecule has 0 unspecified atom stereocenters. The number of nitrogens with one attached hydrogen (secondary N) is 2. The van der Waals surface area contributed by atoms with E-state index < -0.39 is 0 Å². The molecule has 0 heterocycles. The van der Waals surface area contributed by atoms with E-state index in [0.717, 1.165) is 20.2 Å². The molecule has 0 bridgehead atoms. The minimum atomic E-state index is -0.330. The van der Waals surface area contributed by atoms with Gasteiger partial charge in [0, 0.05) is 9.26 Å². The first-order valence-corrected chi connectivity index (χ1v) is 9.57. The number of benzene rings is 3. The van der Waals surface area contributed by atoms with Gasteiger partial charge in [-0.25, -0.2) is 5.43 Å². The van der Waals surface area contributed by atoms with Gasteiger partial charge in [0.05, 0.1) is 6.21 Å². The number of nitrogens with zero attached hydrogens (tertiary/aromatic N) is 1. The van der Waals surface area contributed by atoms with E-state index in [1.165, 1.54) is 5.39 Å². The van der Waals surface area contributed by atoms with Crippen molar-refractivity contribution in [2.24, 2.45) is 5.10 Å². The third-order valence-electron chi connectivity index (χ3n) is 4.07. The number of amides is 1. The highest BCUT2D eigenvalue weighted by atomic mass is 127. The van der Waals surface area contributed by atoms with Crippen molar-refractivity contribution in [1.29, 1.82) is 0 Å². The monoisotopic (exact) mass is 457 g/mol. The summed E-state index contributed by atoms with van der Waals surface area (Å²) in [6, 6.07) is 21.8. The van der Waals surface area contributed by atoms with Crippen LogP contribution >= 0.6 is 22.6 Å². The first kappa shape index (κ1) is 18.4. The summed E-state index contributed by atoms with van der Waals surface area (Å²) in [4.78, 5) is 12.4. The fourth-order valence-electron chi connectivity index (χ4n) is 2.64. The molecule has 0 aliphatic carbocycles. The number of hydrazone groups is 1. The molecular weight excluding hydrogens is 437 g/mol. The third kappa shape index (κ3) is 4.82. The van der Waals surface area contributed by atoms with Gasteiger partial charge < -0.3 is 5.32 Å². The third-order valence-corrected chi connectivity index (χ3v) is 4.79. The number of carbonyl (C=O) groups is 1. The van der Waals surface area contributed by atoms with E-state index in [0.29, 0.717) is 6.42 Å². The van der Waals surface area contributed by atoms with Crippen LogP contribution in [0.15, 0.2) is 71.8 Å². The summed E-state index contributed by atoms with van der Waals surface area (Å²) in [5, 5.41) is 9.68. The Hall–Kier alpha value is -2.41. The number of fused-ring (bicyclic) bond motifs is 1. The number of rotatable bonds is 6. The van der Waals surface area contributed by atoms with Crippen molar-refractivity contribution in [2.75, 3.05) is 5.32 Å². The second-order valence-corrected chi connectivity index (χ2v) is 7.20. The van der Waals surface area contributed by atoms with Crippen molar-refractivity contribution in [1.82, 2.24) is 5.43 Å². The van der Waals surface area contributed by atoms with Crippen molar-refractivity contribution in [2.45, 2.75) is 19.4 Å². The molecule has 2 N–H and O–H groups in total. The van der Waals surface area contributed by atoms with Crippen molar-refractivity contribution >= 4 is 51.2 Å². The molecule has 0 saturated carbocycles. The van der Waals surface area contributed by atoms with Gasteiger partial charge in [-0.05, 0) is 75.7 Å². The van der Waals surface area contributed by atoms with E-state index in [9.17, 15) is 4.79 Å². The minimum absolute atomic E-state index is 0.150. The summed E-state index contributed by atoms with van der Waals surface area (Å²) >= 11 is 2.26. The van der Waals surface area contributed by atoms with Crippen LogP contribution in [0.4, 0.5) is 5.69 Å². The largest absolute Gasteiger partial charge is 0.374 e. The number of halogens is 1. The molecule has 0 radical (unpaired) electrons. The van der Waals surface area contributed by atoms with Crippen molar-refractivity contribution in [3.05, 3.63) is 75.9 Å². The van der Waals surface area contributed by atoms with Gasteiger partial charge in [-0.15, -0.1) is 0 Å². The van der Waals surface area contributed by atoms with Gasteiger partial charge in [-0.2, -0.15) is 5.10 Å². The van der Waals surface area contributed by atoms with Crippen LogP contribution in [0.5, 0.6) is 0 Å². The van der Waals surface area contributed by atoms with E-state index in [-0.39, 0.29) is 11.9 Å². The summed E-state index contributed by atoms with van der Waals surface area (Å²) in [6.45, 7) is 1.97. The molecule has 1 atom stereocenters. The standard InChI is InChI=1S/C21H20IN3O/c1-2-20(24-19-11-9-18(22)10-12-19)21(26)25-23-14-15-7-8-16-5-3-4-6-17(16)13-15/h3-14,20,24H,2H2,1H3,(H,25,26)/b23-14-/t20-/m0/s1. The average Bonchev–Trinajstić information content (AvgIpc) is 2.67. The van der Waals surface area contributed by atoms with Crippen LogP contribution in [0.1, 0.15) is 18.9 Å². The van der Waals surface area contributed by atoms with Gasteiger partial charge in [0.15, 0.2) is 0 Å². The second kappa shape index (κ2) is 8.80. The summed E-state index contributed by atoms with van der Waals surface area (Å²) in [5.41, 5.74) is 4.50. The molecule has 0 spiro atoms. The van der Waals surface area contributed by atoms with Crippen molar-refractivity contribution < 1.29 is 4.79 Å². The Balaban J connectivity index is 1.61. The Labute approximate surface area is 166 Å². The molecule has 4 nitrogen and oxygen atoms in total. The van der Waals surface area contributed by atoms with Crippen LogP contribution in [0.3, 0.4) is 0 Å². The zero-order valence-electron chi connectivity index (χ0n) is 14.4. The van der Waals surface area contributed by atoms with Crippen LogP contribution < -0.4 is 10.7 Å². The maximum atomic E-state index is 12.4. The Kier molecular flexibility index (Phi) is 6.22. The lowest BCUT2D eigenvalue weighted by Crippen LogP contribution is -2.36. The average molecular weight is 457 g/mol. The van der Waals surface area contributed by atoms with Crippen LogP contribution in [0.25, 0.3) is 10.8 Å². The lowest BCUT2D eigenvalue weighted by Gasteiger charge is -2.16. The smallest absolute Gasteiger partial charge is 0.262 e. The fraction of sp³-hybridized carbons (Fsp3) is 0.143. The van der Waals surface area contributed by atoms with Gasteiger partial charge >= 0.3 is 0 Å². The number of hydrogen-bond donors (Lipinski definition) is 2. The number of anilines is 1. The summed E-state index contributed by atoms with van der Waals surface area (Å²) in [5.74, 6) is -0.150. The lowest BCUT2D eigenvalue weighted by molar-refractivity contribution is -0.121. The van der Waals surface area contributed by atoms with Crippen LogP contribution in [0.2, 0.25) is 0 Å². The molecule has 132 valence electrons. The number of hydrogen-bond acceptors (Lipinski definition) is 3. The quantitative estimate of drug-likeness (QED) is 0.318. The SMILES string of the molecule is CC[C@H](Nc1ccc(I)cc1)C(=O)N/N=C\c1ccc2ccccc2c1. The van der Waals surface area contributed by atoms with Gasteiger partial charge in [0.25, 0.3) is 5.91 Å². The summed E-state index contributed by atoms with van der Waals surface area (Å²) in [7, 11) is 0. The molecule has 0 aliphatic heterocycles. The first-order chi connectivity index (χ1) is 12.7. The Morgan fingerprint density at radius 1 is 1.08 bits per heavy atom. The highest BCUT2D eigenvalue weighted by Gasteiger charge is 2.15. The predicted octanol–water partition coefficient (Wildman–Crippen LogP) is 4.79. The topological polar surface area (TPSA) is 53.5 Å². The zero-order chi connectivity index (χ0) is 18.4. The minimum Gasteiger partial charge on any atom is -0.374 e. The van der Waals surface area contributed by atoms with Gasteiger partial charge in [-0.3, -0.25) is 4.79 Å². The Morgan fingerprint density at radius 2 is 1.81 bits per heavy atom. The summed E-state index contributed by atoms with van der Waals surface area (Å²) in [6.07, 6.45) is 2.34. The predicted molar refractivity (Wildman–Crippen MR) is 117 cm³/mol. The van der Waals surface area contributed by atoms with Gasteiger partial charge in [0.2, 0.25) is 0 Å². The normalized spacial score (nSPS) is 12.2. The van der Waals surface area contributed by atoms with Crippen molar-refractivity contribution in [3.8, 4) is 0 Å². The maximum absolute atomic E-state index is 12.4. The molecule has 3 aromatic carbocycles. The number of carbonyl (C=O) groups excluding carboxylic acids is 1. The van der Waals surface area contributed by atoms with Gasteiger partial charge in [0.1, 0.15) is 6.04 Å². The van der Waals surface area contributed by atoms with E-state index in [4.69, 9.17) is 0 Å². The highest BCUT2D eigenvalue weighted by molar-refractivity contribution is 14.1. The Morgan fingerprint density at radius 3 is 2.54 bits per heavy atom. The molecule has 0 aliphatic rings. The lowest BCUT2D eigenvalue weighted by atomic mass is 10.1. The van der Waals surface area contributed by atoms with Gasteiger partial charge in [-0.1, -0.05) is 43.3 Å². The molecule has 5 heteroatoms. The van der Waals surface area contributed by atoms with E-state index in [1.807, 2.05) is 61.5 Å². The van der Waals surface area contributed by atoms with Crippen LogP contribution in [-0.4, -0.2) is 18.2 Å². The molecule has 0 fully saturated rings. The molecule has 3 rings (SSSR count). The molecular formula is C21H20IN3O. The fourth-order valence-corrected chi connectivity index (χ4v) is 3.00. The molecule has 0 saturated heterocycles.